The molecular formula is C7H13NO. The molecular weight excluding hydrogens is 114 g/mol. The number of rotatable bonds is 4. The highest BCUT2D eigenvalue weighted by molar-refractivity contribution is 4.87. The number of nitrogens with one attached hydrogen (secondary N) is 1. The van der Waals surface area contributed by atoms with Crippen molar-refractivity contribution in [2.45, 2.75) is 13.0 Å². The normalized spacial score (nSPS) is 12.6. The summed E-state index contributed by atoms with van der Waals surface area (Å²) in [7, 11) is 1.67. The number of hydrogen-bond acceptors (Lipinski definition) is 2. The highest BCUT2D eigenvalue weighted by Crippen LogP contribution is 1.79. The third-order valence-electron chi connectivity index (χ3n) is 0.969. The molecule has 0 aliphatic heterocycles. The van der Waals surface area contributed by atoms with Gasteiger partial charge in [0.2, 0.25) is 0 Å². The van der Waals surface area contributed by atoms with Crippen LogP contribution in [0.3, 0.4) is 0 Å². The third-order valence-corrected chi connectivity index (χ3v) is 0.969. The third kappa shape index (κ3) is 5.35. The molecule has 0 saturated heterocycles. The monoisotopic (exact) mass is 127 g/mol. The lowest BCUT2D eigenvalue weighted by Gasteiger charge is -2.08. The smallest absolute Gasteiger partial charge is 0.0613 e. The van der Waals surface area contributed by atoms with E-state index in [2.05, 4.69) is 11.2 Å². The highest BCUT2D eigenvalue weighted by Gasteiger charge is 1.95. The molecule has 0 saturated carbocycles. The van der Waals surface area contributed by atoms with Gasteiger partial charge in [-0.2, -0.15) is 0 Å². The standard InChI is InChI=1S/C7H13NO/c1-4-5-8-7(2)6-9-3/h1,7-8H,5-6H2,2-3H3. The molecule has 0 aromatic heterocycles. The largest absolute Gasteiger partial charge is 0.383 e. The lowest BCUT2D eigenvalue weighted by atomic mass is 10.3. The molecule has 9 heavy (non-hydrogen) atoms. The van der Waals surface area contributed by atoms with Gasteiger partial charge >= 0.3 is 0 Å². The summed E-state index contributed by atoms with van der Waals surface area (Å²) in [6.45, 7) is 3.35. The Labute approximate surface area is 56.6 Å². The lowest BCUT2D eigenvalue weighted by Crippen LogP contribution is -2.30. The molecule has 0 heterocycles. The van der Waals surface area contributed by atoms with Gasteiger partial charge in [-0.05, 0) is 6.92 Å². The minimum absolute atomic E-state index is 0.353. The van der Waals surface area contributed by atoms with Gasteiger partial charge in [0.25, 0.3) is 0 Å². The van der Waals surface area contributed by atoms with Crippen molar-refractivity contribution >= 4 is 0 Å². The zero-order valence-corrected chi connectivity index (χ0v) is 5.98. The van der Waals surface area contributed by atoms with Crippen LogP contribution in [0.2, 0.25) is 0 Å². The molecule has 0 aliphatic carbocycles. The lowest BCUT2D eigenvalue weighted by molar-refractivity contribution is 0.174. The summed E-state index contributed by atoms with van der Waals surface area (Å²) in [5.41, 5.74) is 0. The second-order valence-electron chi connectivity index (χ2n) is 1.94. The van der Waals surface area contributed by atoms with Gasteiger partial charge in [-0.25, -0.2) is 0 Å². The zero-order chi connectivity index (χ0) is 7.11. The molecule has 1 unspecified atom stereocenters. The van der Waals surface area contributed by atoms with Crippen molar-refractivity contribution in [1.29, 1.82) is 0 Å². The second kappa shape index (κ2) is 5.61. The van der Waals surface area contributed by atoms with E-state index in [4.69, 9.17) is 11.2 Å². The van der Waals surface area contributed by atoms with E-state index in [9.17, 15) is 0 Å². The highest BCUT2D eigenvalue weighted by atomic mass is 16.5. The first-order valence-corrected chi connectivity index (χ1v) is 2.97. The van der Waals surface area contributed by atoms with Gasteiger partial charge in [0, 0.05) is 13.2 Å². The SMILES string of the molecule is C#CCNC(C)COC. The number of hydrogen-bond donors (Lipinski definition) is 1. The summed E-state index contributed by atoms with van der Waals surface area (Å²) in [5, 5.41) is 3.07. The fourth-order valence-corrected chi connectivity index (χ4v) is 0.542. The summed E-state index contributed by atoms with van der Waals surface area (Å²) < 4.78 is 4.87. The Morgan fingerprint density at radius 2 is 2.44 bits per heavy atom. The fraction of sp³-hybridized carbons (Fsp3) is 0.714. The first kappa shape index (κ1) is 8.48. The molecule has 52 valence electrons. The molecule has 0 rings (SSSR count). The van der Waals surface area contributed by atoms with Gasteiger partial charge in [-0.15, -0.1) is 6.42 Å². The molecule has 0 radical (unpaired) electrons. The van der Waals surface area contributed by atoms with Crippen LogP contribution in [0.5, 0.6) is 0 Å². The Balaban J connectivity index is 3.07. The average molecular weight is 127 g/mol. The molecule has 0 aliphatic rings. The van der Waals surface area contributed by atoms with Crippen LogP contribution < -0.4 is 5.32 Å². The van der Waals surface area contributed by atoms with Crippen LogP contribution in [0.15, 0.2) is 0 Å². The maximum Gasteiger partial charge on any atom is 0.0613 e. The maximum absolute atomic E-state index is 5.02. The van der Waals surface area contributed by atoms with Crippen LogP contribution in [-0.4, -0.2) is 26.3 Å². The molecule has 0 aromatic rings. The summed E-state index contributed by atoms with van der Waals surface area (Å²) >= 11 is 0. The van der Waals surface area contributed by atoms with Crippen molar-refractivity contribution in [2.75, 3.05) is 20.3 Å². The molecule has 1 N–H and O–H groups in total. The minimum Gasteiger partial charge on any atom is -0.383 e. The van der Waals surface area contributed by atoms with Gasteiger partial charge < -0.3 is 10.1 Å². The molecule has 2 nitrogen and oxygen atoms in total. The van der Waals surface area contributed by atoms with E-state index in [0.29, 0.717) is 19.2 Å². The number of terminal acetylenes is 1. The Hall–Kier alpha value is -0.520. The Morgan fingerprint density at radius 3 is 2.89 bits per heavy atom. The van der Waals surface area contributed by atoms with Crippen molar-refractivity contribution < 1.29 is 4.74 Å². The molecule has 0 fully saturated rings. The van der Waals surface area contributed by atoms with E-state index < -0.39 is 0 Å². The first-order chi connectivity index (χ1) is 4.31. The topological polar surface area (TPSA) is 21.3 Å². The Kier molecular flexibility index (Phi) is 5.29. The molecule has 1 atom stereocenters. The Bertz CT molecular complexity index is 95.6. The summed E-state index contributed by atoms with van der Waals surface area (Å²) in [5.74, 6) is 2.49. The van der Waals surface area contributed by atoms with E-state index in [-0.39, 0.29) is 0 Å². The predicted octanol–water partition coefficient (Wildman–Crippen LogP) is 0.244. The summed E-state index contributed by atoms with van der Waals surface area (Å²) in [4.78, 5) is 0. The van der Waals surface area contributed by atoms with Crippen LogP contribution in [0.25, 0.3) is 0 Å². The second-order valence-corrected chi connectivity index (χ2v) is 1.94. The molecule has 0 bridgehead atoms. The average Bonchev–Trinajstić information content (AvgIpc) is 1.85. The van der Waals surface area contributed by atoms with Crippen molar-refractivity contribution in [3.63, 3.8) is 0 Å². The number of ether oxygens (including phenoxy) is 1. The molecule has 0 aromatic carbocycles. The first-order valence-electron chi connectivity index (χ1n) is 2.97. The van der Waals surface area contributed by atoms with E-state index in [1.807, 2.05) is 6.92 Å². The molecule has 0 amide bonds. The summed E-state index contributed by atoms with van der Waals surface area (Å²) in [6.07, 6.45) is 5.02. The number of methoxy groups -OCH3 is 1. The van der Waals surface area contributed by atoms with E-state index in [1.165, 1.54) is 0 Å². The molecule has 2 heteroatoms. The van der Waals surface area contributed by atoms with Crippen LogP contribution in [0.4, 0.5) is 0 Å². The van der Waals surface area contributed by atoms with Gasteiger partial charge in [-0.3, -0.25) is 0 Å². The molecule has 0 spiro atoms. The maximum atomic E-state index is 5.02. The van der Waals surface area contributed by atoms with Gasteiger partial charge in [0.15, 0.2) is 0 Å². The van der Waals surface area contributed by atoms with Gasteiger partial charge in [0.05, 0.1) is 13.2 Å². The van der Waals surface area contributed by atoms with Crippen LogP contribution in [0, 0.1) is 12.3 Å². The van der Waals surface area contributed by atoms with Crippen LogP contribution in [0.1, 0.15) is 6.92 Å². The van der Waals surface area contributed by atoms with Crippen molar-refractivity contribution in [1.82, 2.24) is 5.32 Å². The van der Waals surface area contributed by atoms with E-state index >= 15 is 0 Å². The van der Waals surface area contributed by atoms with Crippen LogP contribution >= 0.6 is 0 Å². The van der Waals surface area contributed by atoms with Crippen molar-refractivity contribution in [2.24, 2.45) is 0 Å². The zero-order valence-electron chi connectivity index (χ0n) is 5.98. The quantitative estimate of drug-likeness (QED) is 0.546. The van der Waals surface area contributed by atoms with Crippen molar-refractivity contribution in [3.8, 4) is 12.3 Å². The van der Waals surface area contributed by atoms with Gasteiger partial charge in [0.1, 0.15) is 0 Å². The summed E-state index contributed by atoms with van der Waals surface area (Å²) in [6, 6.07) is 0.353. The minimum atomic E-state index is 0.353. The van der Waals surface area contributed by atoms with Crippen molar-refractivity contribution in [3.05, 3.63) is 0 Å². The van der Waals surface area contributed by atoms with Gasteiger partial charge in [-0.1, -0.05) is 5.92 Å². The van der Waals surface area contributed by atoms with Crippen LogP contribution in [-0.2, 0) is 4.74 Å². The van der Waals surface area contributed by atoms with E-state index in [1.54, 1.807) is 7.11 Å². The Morgan fingerprint density at radius 1 is 1.78 bits per heavy atom. The predicted molar refractivity (Wildman–Crippen MR) is 38.2 cm³/mol. The fourth-order valence-electron chi connectivity index (χ4n) is 0.542. The van der Waals surface area contributed by atoms with E-state index in [0.717, 1.165) is 0 Å².